The molecule has 0 saturated heterocycles. The average Bonchev–Trinajstić information content (AvgIpc) is 2.86. The van der Waals surface area contributed by atoms with Crippen LogP contribution in [0.1, 0.15) is 56.5 Å². The van der Waals surface area contributed by atoms with Crippen LogP contribution < -0.4 is 17.0 Å². The molecule has 0 spiro atoms. The number of fused-ring (bicyclic) bond motifs is 1. The van der Waals surface area contributed by atoms with Crippen molar-refractivity contribution >= 4 is 0 Å². The van der Waals surface area contributed by atoms with Crippen LogP contribution in [0.5, 0.6) is 0 Å². The van der Waals surface area contributed by atoms with E-state index >= 15 is 0 Å². The lowest BCUT2D eigenvalue weighted by Gasteiger charge is -2.56. The summed E-state index contributed by atoms with van der Waals surface area (Å²) in [7, 11) is 0. The van der Waals surface area contributed by atoms with Crippen molar-refractivity contribution in [2.75, 3.05) is 0 Å². The molecule has 1 aliphatic heterocycles. The standard InChI is InChI=1S/C16H22N2.BrH/c1-2-15-17-14(10-18(15)3-1)16-7-11-4-12(8-16)6-13(5-11)9-16;/h10-13H,1-9H2;1H/p-1. The molecule has 2 heterocycles. The molecular formula is C16H22BrN2-. The first-order chi connectivity index (χ1) is 8.81. The molecule has 6 rings (SSSR count). The van der Waals surface area contributed by atoms with E-state index in [9.17, 15) is 0 Å². The van der Waals surface area contributed by atoms with Gasteiger partial charge in [-0.2, -0.15) is 0 Å². The van der Waals surface area contributed by atoms with Crippen LogP contribution in [0.2, 0.25) is 0 Å². The van der Waals surface area contributed by atoms with E-state index in [2.05, 4.69) is 10.8 Å². The van der Waals surface area contributed by atoms with Gasteiger partial charge in [0, 0.05) is 24.6 Å². The second-order valence-electron chi connectivity index (χ2n) is 7.54. The lowest BCUT2D eigenvalue weighted by Crippen LogP contribution is -3.00. The highest BCUT2D eigenvalue weighted by molar-refractivity contribution is 5.23. The highest BCUT2D eigenvalue weighted by Crippen LogP contribution is 2.60. The molecule has 19 heavy (non-hydrogen) atoms. The number of hydrogen-bond acceptors (Lipinski definition) is 1. The molecule has 1 aromatic rings. The molecule has 104 valence electrons. The molecule has 0 aromatic carbocycles. The molecule has 1 aromatic heterocycles. The third kappa shape index (κ3) is 1.69. The number of aryl methyl sites for hydroxylation is 2. The molecule has 4 fully saturated rings. The van der Waals surface area contributed by atoms with Gasteiger partial charge in [0.1, 0.15) is 5.82 Å². The van der Waals surface area contributed by atoms with Crippen LogP contribution >= 0.6 is 0 Å². The highest BCUT2D eigenvalue weighted by atomic mass is 79.9. The molecule has 3 heteroatoms. The zero-order valence-corrected chi connectivity index (χ0v) is 13.0. The third-order valence-electron chi connectivity index (χ3n) is 6.24. The van der Waals surface area contributed by atoms with Crippen LogP contribution in [0.3, 0.4) is 0 Å². The monoisotopic (exact) mass is 321 g/mol. The topological polar surface area (TPSA) is 17.8 Å². The summed E-state index contributed by atoms with van der Waals surface area (Å²) in [5.74, 6) is 4.48. The number of hydrogen-bond donors (Lipinski definition) is 0. The van der Waals surface area contributed by atoms with E-state index in [-0.39, 0.29) is 17.0 Å². The Morgan fingerprint density at radius 2 is 1.68 bits per heavy atom. The third-order valence-corrected chi connectivity index (χ3v) is 6.24. The maximum Gasteiger partial charge on any atom is 0.109 e. The Balaban J connectivity index is 0.000000968. The van der Waals surface area contributed by atoms with E-state index in [1.807, 2.05) is 0 Å². The Morgan fingerprint density at radius 1 is 1.05 bits per heavy atom. The van der Waals surface area contributed by atoms with Crippen LogP contribution in [-0.2, 0) is 18.4 Å². The average molecular weight is 322 g/mol. The summed E-state index contributed by atoms with van der Waals surface area (Å²) in [6.45, 7) is 1.22. The molecule has 4 bridgehead atoms. The summed E-state index contributed by atoms with van der Waals surface area (Å²) < 4.78 is 2.44. The zero-order chi connectivity index (χ0) is 11.7. The van der Waals surface area contributed by atoms with Gasteiger partial charge in [-0.25, -0.2) is 4.98 Å². The van der Waals surface area contributed by atoms with E-state index in [1.165, 1.54) is 69.4 Å². The molecule has 0 unspecified atom stereocenters. The van der Waals surface area contributed by atoms with Crippen LogP contribution in [0.15, 0.2) is 6.20 Å². The minimum absolute atomic E-state index is 0. The van der Waals surface area contributed by atoms with Gasteiger partial charge in [-0.1, -0.05) is 0 Å². The first-order valence-electron chi connectivity index (χ1n) is 7.87. The molecule has 4 aliphatic carbocycles. The Labute approximate surface area is 125 Å². The molecule has 0 N–H and O–H groups in total. The van der Waals surface area contributed by atoms with Crippen molar-refractivity contribution in [1.29, 1.82) is 0 Å². The van der Waals surface area contributed by atoms with E-state index in [0.717, 1.165) is 17.8 Å². The van der Waals surface area contributed by atoms with Crippen molar-refractivity contribution in [3.05, 3.63) is 17.7 Å². The van der Waals surface area contributed by atoms with E-state index in [0.29, 0.717) is 5.41 Å². The minimum Gasteiger partial charge on any atom is -1.00 e. The maximum absolute atomic E-state index is 5.04. The molecular weight excluding hydrogens is 300 g/mol. The lowest BCUT2D eigenvalue weighted by atomic mass is 9.49. The summed E-state index contributed by atoms with van der Waals surface area (Å²) in [5, 5.41) is 0. The fourth-order valence-electron chi connectivity index (χ4n) is 5.93. The van der Waals surface area contributed by atoms with Gasteiger partial charge >= 0.3 is 0 Å². The van der Waals surface area contributed by atoms with Gasteiger partial charge in [0.2, 0.25) is 0 Å². The molecule has 0 radical (unpaired) electrons. The Morgan fingerprint density at radius 3 is 2.26 bits per heavy atom. The van der Waals surface area contributed by atoms with Crippen LogP contribution in [0.25, 0.3) is 0 Å². The van der Waals surface area contributed by atoms with Crippen molar-refractivity contribution in [2.24, 2.45) is 17.8 Å². The molecule has 0 atom stereocenters. The van der Waals surface area contributed by atoms with Gasteiger partial charge < -0.3 is 21.5 Å². The quantitative estimate of drug-likeness (QED) is 0.727. The SMILES string of the molecule is [Br-].c1c(C23CC4CC(CC(C4)C2)C3)nc2n1CCC2. The van der Waals surface area contributed by atoms with Gasteiger partial charge in [-0.15, -0.1) is 0 Å². The fourth-order valence-corrected chi connectivity index (χ4v) is 5.93. The van der Waals surface area contributed by atoms with Crippen molar-refractivity contribution in [3.63, 3.8) is 0 Å². The molecule has 5 aliphatic rings. The Kier molecular flexibility index (Phi) is 2.68. The van der Waals surface area contributed by atoms with Gasteiger partial charge in [0.05, 0.1) is 5.69 Å². The second kappa shape index (κ2) is 4.09. The predicted octanol–water partition coefficient (Wildman–Crippen LogP) is 0.301. The van der Waals surface area contributed by atoms with Crippen molar-refractivity contribution in [1.82, 2.24) is 9.55 Å². The molecule has 0 amide bonds. The lowest BCUT2D eigenvalue weighted by molar-refractivity contribution is -0.00714. The van der Waals surface area contributed by atoms with E-state index < -0.39 is 0 Å². The number of imidazole rings is 1. The number of aromatic nitrogens is 2. The number of halogens is 1. The van der Waals surface area contributed by atoms with Crippen molar-refractivity contribution in [2.45, 2.75) is 63.3 Å². The largest absolute Gasteiger partial charge is 1.00 e. The number of nitrogens with zero attached hydrogens (tertiary/aromatic N) is 2. The van der Waals surface area contributed by atoms with Crippen LogP contribution in [0, 0.1) is 17.8 Å². The zero-order valence-electron chi connectivity index (χ0n) is 11.4. The van der Waals surface area contributed by atoms with Gasteiger partial charge in [0.15, 0.2) is 0 Å². The second-order valence-corrected chi connectivity index (χ2v) is 7.54. The summed E-state index contributed by atoms with van der Waals surface area (Å²) in [5.41, 5.74) is 1.99. The summed E-state index contributed by atoms with van der Waals surface area (Å²) in [4.78, 5) is 5.04. The normalized spacial score (nSPS) is 42.2. The van der Waals surface area contributed by atoms with E-state index in [4.69, 9.17) is 4.98 Å². The van der Waals surface area contributed by atoms with Crippen molar-refractivity contribution < 1.29 is 17.0 Å². The van der Waals surface area contributed by atoms with Crippen LogP contribution in [0.4, 0.5) is 0 Å². The Bertz CT molecular complexity index is 448. The van der Waals surface area contributed by atoms with Gasteiger partial charge in [-0.05, 0) is 62.7 Å². The molecule has 2 nitrogen and oxygen atoms in total. The van der Waals surface area contributed by atoms with Crippen LogP contribution in [-0.4, -0.2) is 9.55 Å². The summed E-state index contributed by atoms with van der Waals surface area (Å²) in [6.07, 6.45) is 13.9. The number of rotatable bonds is 1. The van der Waals surface area contributed by atoms with Gasteiger partial charge in [-0.3, -0.25) is 0 Å². The summed E-state index contributed by atoms with van der Waals surface area (Å²) in [6, 6.07) is 0. The first-order valence-corrected chi connectivity index (χ1v) is 7.87. The molecule has 4 saturated carbocycles. The predicted molar refractivity (Wildman–Crippen MR) is 70.4 cm³/mol. The highest BCUT2D eigenvalue weighted by Gasteiger charge is 2.52. The first kappa shape index (κ1) is 12.4. The minimum atomic E-state index is 0. The summed E-state index contributed by atoms with van der Waals surface area (Å²) >= 11 is 0. The fraction of sp³-hybridized carbons (Fsp3) is 0.812. The maximum atomic E-state index is 5.04. The van der Waals surface area contributed by atoms with Crippen molar-refractivity contribution in [3.8, 4) is 0 Å². The smallest absolute Gasteiger partial charge is 0.109 e. The Hall–Kier alpha value is -0.310. The van der Waals surface area contributed by atoms with Gasteiger partial charge in [0.25, 0.3) is 0 Å². The van der Waals surface area contributed by atoms with E-state index in [1.54, 1.807) is 0 Å².